The minimum atomic E-state index is -4.68. The number of rotatable bonds is 7. The third kappa shape index (κ3) is 6.07. The van der Waals surface area contributed by atoms with Gasteiger partial charge in [0.1, 0.15) is 24.0 Å². The van der Waals surface area contributed by atoms with Gasteiger partial charge >= 0.3 is 12.3 Å². The smallest absolute Gasteiger partial charge is 0.451 e. The highest BCUT2D eigenvalue weighted by atomic mass is 19.4. The van der Waals surface area contributed by atoms with E-state index in [2.05, 4.69) is 9.97 Å². The number of halogens is 3. The van der Waals surface area contributed by atoms with Crippen LogP contribution in [0.15, 0.2) is 30.5 Å². The van der Waals surface area contributed by atoms with Crippen LogP contribution in [-0.4, -0.2) is 28.3 Å². The van der Waals surface area contributed by atoms with Gasteiger partial charge in [-0.1, -0.05) is 13.8 Å². The topological polar surface area (TPSA) is 111 Å². The maximum Gasteiger partial charge on any atom is 0.451 e. The minimum Gasteiger partial charge on any atom is -0.488 e. The molecule has 0 radical (unpaired) electrons. The summed E-state index contributed by atoms with van der Waals surface area (Å²) in [5.74, 6) is -0.905. The second-order valence-electron chi connectivity index (χ2n) is 7.34. The minimum absolute atomic E-state index is 0.0158. The van der Waals surface area contributed by atoms with Gasteiger partial charge in [-0.3, -0.25) is 0 Å². The number of primary amides is 1. The third-order valence-electron chi connectivity index (χ3n) is 4.02. The Morgan fingerprint density at radius 2 is 2.00 bits per heavy atom. The molecule has 0 saturated heterocycles. The predicted molar refractivity (Wildman–Crippen MR) is 101 cm³/mol. The lowest BCUT2D eigenvalue weighted by molar-refractivity contribution is -0.144. The van der Waals surface area contributed by atoms with Crippen molar-refractivity contribution in [2.45, 2.75) is 39.0 Å². The van der Waals surface area contributed by atoms with Crippen LogP contribution in [0.3, 0.4) is 0 Å². The Morgan fingerprint density at radius 3 is 2.57 bits per heavy atom. The van der Waals surface area contributed by atoms with Gasteiger partial charge in [0.15, 0.2) is 0 Å². The molecule has 0 unspecified atom stereocenters. The number of nitrogens with two attached hydrogens (primary N) is 1. The van der Waals surface area contributed by atoms with Crippen molar-refractivity contribution in [3.05, 3.63) is 41.9 Å². The van der Waals surface area contributed by atoms with E-state index in [1.165, 1.54) is 24.3 Å². The molecule has 0 aliphatic heterocycles. The molecule has 2 N–H and O–H groups in total. The van der Waals surface area contributed by atoms with E-state index >= 15 is 0 Å². The van der Waals surface area contributed by atoms with Gasteiger partial charge in [0, 0.05) is 11.8 Å². The molecule has 0 saturated carbocycles. The summed E-state index contributed by atoms with van der Waals surface area (Å²) >= 11 is 0. The number of amides is 1. The molecule has 0 aliphatic carbocycles. The number of alkyl halides is 3. The number of nitriles is 1. The molecule has 2 rings (SSSR count). The summed E-state index contributed by atoms with van der Waals surface area (Å²) in [6, 6.07) is 7.55. The molecule has 1 heterocycles. The van der Waals surface area contributed by atoms with Crippen molar-refractivity contribution in [2.75, 3.05) is 6.61 Å². The second-order valence-corrected chi connectivity index (χ2v) is 7.34. The first-order valence-electron chi connectivity index (χ1n) is 8.99. The lowest BCUT2D eigenvalue weighted by Gasteiger charge is -2.30. The number of ether oxygens (including phenoxy) is 2. The Hall–Kier alpha value is -3.35. The Morgan fingerprint density at radius 1 is 1.30 bits per heavy atom. The SMILES string of the molecule is CC(C)C[C@@](C)(COc1ccc(-c2ccnc(C(F)(F)F)n2)cc1C#N)OC(N)=O. The van der Waals surface area contributed by atoms with E-state index in [0.29, 0.717) is 12.0 Å². The first kappa shape index (κ1) is 22.9. The van der Waals surface area contributed by atoms with Crippen LogP contribution in [0.2, 0.25) is 0 Å². The molecule has 7 nitrogen and oxygen atoms in total. The fourth-order valence-electron chi connectivity index (χ4n) is 3.03. The third-order valence-corrected chi connectivity index (χ3v) is 4.02. The van der Waals surface area contributed by atoms with E-state index in [9.17, 15) is 23.2 Å². The van der Waals surface area contributed by atoms with E-state index in [-0.39, 0.29) is 29.5 Å². The zero-order chi connectivity index (χ0) is 22.5. The summed E-state index contributed by atoms with van der Waals surface area (Å²) in [5.41, 5.74) is 4.53. The zero-order valence-corrected chi connectivity index (χ0v) is 16.7. The first-order valence-corrected chi connectivity index (χ1v) is 8.99. The molecule has 10 heteroatoms. The Bertz CT molecular complexity index is 957. The molecular weight excluding hydrogens is 401 g/mol. The molecule has 30 heavy (non-hydrogen) atoms. The number of benzene rings is 1. The molecule has 0 fully saturated rings. The molecule has 0 aliphatic rings. The van der Waals surface area contributed by atoms with Crippen molar-refractivity contribution in [2.24, 2.45) is 11.7 Å². The van der Waals surface area contributed by atoms with E-state index in [1.54, 1.807) is 6.92 Å². The summed E-state index contributed by atoms with van der Waals surface area (Å²) in [7, 11) is 0. The molecular formula is C20H21F3N4O3. The van der Waals surface area contributed by atoms with Gasteiger partial charge < -0.3 is 15.2 Å². The number of carbonyl (C=O) groups is 1. The van der Waals surface area contributed by atoms with Crippen LogP contribution < -0.4 is 10.5 Å². The van der Waals surface area contributed by atoms with Crippen molar-refractivity contribution >= 4 is 6.09 Å². The van der Waals surface area contributed by atoms with Crippen molar-refractivity contribution in [1.82, 2.24) is 9.97 Å². The normalized spacial score (nSPS) is 13.4. The standard InChI is InChI=1S/C20H21F3N4O3/c1-12(2)9-19(3,30-18(25)28)11-29-16-5-4-13(8-14(16)10-24)15-6-7-26-17(27-15)20(21,22)23/h4-8,12H,9,11H2,1-3H3,(H2,25,28)/t19-/m0/s1. The fraction of sp³-hybridized carbons (Fsp3) is 0.400. The average molecular weight is 422 g/mol. The van der Waals surface area contributed by atoms with Gasteiger partial charge in [-0.2, -0.15) is 18.4 Å². The highest BCUT2D eigenvalue weighted by Crippen LogP contribution is 2.30. The van der Waals surface area contributed by atoms with Gasteiger partial charge in [-0.05, 0) is 43.5 Å². The number of carbonyl (C=O) groups excluding carboxylic acids is 1. The molecule has 0 spiro atoms. The lowest BCUT2D eigenvalue weighted by atomic mass is 9.95. The van der Waals surface area contributed by atoms with Crippen molar-refractivity contribution in [1.29, 1.82) is 5.26 Å². The zero-order valence-electron chi connectivity index (χ0n) is 16.7. The van der Waals surface area contributed by atoms with Crippen molar-refractivity contribution in [3.63, 3.8) is 0 Å². The Balaban J connectivity index is 2.28. The number of hydrogen-bond acceptors (Lipinski definition) is 6. The van der Waals surface area contributed by atoms with Crippen molar-refractivity contribution in [3.8, 4) is 23.1 Å². The predicted octanol–water partition coefficient (Wildman–Crippen LogP) is 4.31. The van der Waals surface area contributed by atoms with Crippen LogP contribution in [0.5, 0.6) is 5.75 Å². The summed E-state index contributed by atoms with van der Waals surface area (Å²) in [4.78, 5) is 18.0. The Labute approximate surface area is 171 Å². The molecule has 1 atom stereocenters. The largest absolute Gasteiger partial charge is 0.488 e. The van der Waals surface area contributed by atoms with Crippen LogP contribution in [0.1, 0.15) is 38.6 Å². The first-order chi connectivity index (χ1) is 13.9. The van der Waals surface area contributed by atoms with Crippen LogP contribution in [0, 0.1) is 17.2 Å². The molecule has 0 bridgehead atoms. The highest BCUT2D eigenvalue weighted by molar-refractivity contribution is 5.65. The number of nitrogens with zero attached hydrogens (tertiary/aromatic N) is 3. The summed E-state index contributed by atoms with van der Waals surface area (Å²) in [6.45, 7) is 5.48. The van der Waals surface area contributed by atoms with Gasteiger partial charge in [-0.25, -0.2) is 14.8 Å². The van der Waals surface area contributed by atoms with Crippen LogP contribution in [0.25, 0.3) is 11.3 Å². The lowest BCUT2D eigenvalue weighted by Crippen LogP contribution is -2.41. The summed E-state index contributed by atoms with van der Waals surface area (Å²) in [6.07, 6.45) is -4.16. The van der Waals surface area contributed by atoms with Gasteiger partial charge in [0.2, 0.25) is 5.82 Å². The van der Waals surface area contributed by atoms with E-state index < -0.39 is 23.7 Å². The molecule has 160 valence electrons. The summed E-state index contributed by atoms with van der Waals surface area (Å²) in [5, 5.41) is 9.45. The fourth-order valence-corrected chi connectivity index (χ4v) is 3.03. The average Bonchev–Trinajstić information content (AvgIpc) is 2.64. The quantitative estimate of drug-likeness (QED) is 0.712. The highest BCUT2D eigenvalue weighted by Gasteiger charge is 2.35. The van der Waals surface area contributed by atoms with Gasteiger partial charge in [0.25, 0.3) is 0 Å². The van der Waals surface area contributed by atoms with E-state index in [1.807, 2.05) is 19.9 Å². The van der Waals surface area contributed by atoms with E-state index in [0.717, 1.165) is 6.20 Å². The van der Waals surface area contributed by atoms with Gasteiger partial charge in [-0.15, -0.1) is 0 Å². The molecule has 1 amide bonds. The van der Waals surface area contributed by atoms with Crippen LogP contribution in [0.4, 0.5) is 18.0 Å². The number of aromatic nitrogens is 2. The van der Waals surface area contributed by atoms with Crippen LogP contribution >= 0.6 is 0 Å². The molecule has 1 aromatic heterocycles. The van der Waals surface area contributed by atoms with Crippen LogP contribution in [-0.2, 0) is 10.9 Å². The number of hydrogen-bond donors (Lipinski definition) is 1. The van der Waals surface area contributed by atoms with E-state index in [4.69, 9.17) is 15.2 Å². The maximum atomic E-state index is 12.8. The monoisotopic (exact) mass is 422 g/mol. The molecule has 2 aromatic rings. The van der Waals surface area contributed by atoms with Gasteiger partial charge in [0.05, 0.1) is 11.3 Å². The maximum absolute atomic E-state index is 12.8. The van der Waals surface area contributed by atoms with Crippen molar-refractivity contribution < 1.29 is 27.4 Å². The molecule has 1 aromatic carbocycles. The second kappa shape index (κ2) is 8.98. The summed E-state index contributed by atoms with van der Waals surface area (Å²) < 4.78 is 49.4. The Kier molecular flexibility index (Phi) is 6.87.